The number of fused-ring (bicyclic) bond motifs is 1. The molecule has 1 saturated heterocycles. The van der Waals surface area contributed by atoms with Crippen molar-refractivity contribution in [3.05, 3.63) is 22.8 Å². The van der Waals surface area contributed by atoms with Gasteiger partial charge in [-0.2, -0.15) is 0 Å². The standard InChI is InChI=1S/C11H14O2/c1-8-6-9-2-3-11(10(9)7-8)12-4-5-13-11/h7H,2-6H2,1H3. The summed E-state index contributed by atoms with van der Waals surface area (Å²) in [5.74, 6) is -0.326. The van der Waals surface area contributed by atoms with Crippen LogP contribution in [0.5, 0.6) is 0 Å². The van der Waals surface area contributed by atoms with Crippen molar-refractivity contribution in [2.75, 3.05) is 13.2 Å². The predicted molar refractivity (Wildman–Crippen MR) is 49.3 cm³/mol. The summed E-state index contributed by atoms with van der Waals surface area (Å²) in [6.07, 6.45) is 5.59. The Balaban J connectivity index is 2.00. The summed E-state index contributed by atoms with van der Waals surface area (Å²) in [7, 11) is 0. The average Bonchev–Trinajstić information content (AvgIpc) is 2.73. The Morgan fingerprint density at radius 2 is 2.08 bits per heavy atom. The highest BCUT2D eigenvalue weighted by molar-refractivity contribution is 5.46. The molecule has 0 radical (unpaired) electrons. The Bertz CT molecular complexity index is 306. The predicted octanol–water partition coefficient (Wildman–Crippen LogP) is 2.17. The van der Waals surface area contributed by atoms with Crippen LogP contribution in [0.3, 0.4) is 0 Å². The minimum atomic E-state index is -0.326. The zero-order valence-corrected chi connectivity index (χ0v) is 7.93. The number of allylic oxidation sites excluding steroid dienone is 2. The van der Waals surface area contributed by atoms with Gasteiger partial charge in [0.1, 0.15) is 0 Å². The SMILES string of the molecule is CC1=CC2=C(CCC23OCCO3)C1. The van der Waals surface area contributed by atoms with Crippen molar-refractivity contribution in [2.24, 2.45) is 0 Å². The van der Waals surface area contributed by atoms with Gasteiger partial charge in [-0.15, -0.1) is 0 Å². The Kier molecular flexibility index (Phi) is 1.47. The van der Waals surface area contributed by atoms with Crippen LogP contribution in [0.15, 0.2) is 22.8 Å². The molecule has 3 aliphatic rings. The van der Waals surface area contributed by atoms with Crippen LogP contribution in [-0.4, -0.2) is 19.0 Å². The maximum absolute atomic E-state index is 5.74. The largest absolute Gasteiger partial charge is 0.343 e. The molecule has 0 amide bonds. The molecule has 0 N–H and O–H groups in total. The summed E-state index contributed by atoms with van der Waals surface area (Å²) >= 11 is 0. The zero-order chi connectivity index (χ0) is 8.89. The molecule has 1 fully saturated rings. The van der Waals surface area contributed by atoms with Gasteiger partial charge in [-0.1, -0.05) is 17.2 Å². The first-order valence-electron chi connectivity index (χ1n) is 4.98. The van der Waals surface area contributed by atoms with E-state index in [2.05, 4.69) is 13.0 Å². The lowest BCUT2D eigenvalue weighted by Gasteiger charge is -2.23. The first-order chi connectivity index (χ1) is 6.30. The number of ether oxygens (including phenoxy) is 2. The van der Waals surface area contributed by atoms with E-state index >= 15 is 0 Å². The lowest BCUT2D eigenvalue weighted by molar-refractivity contribution is -0.121. The van der Waals surface area contributed by atoms with Crippen molar-refractivity contribution in [2.45, 2.75) is 32.0 Å². The second kappa shape index (κ2) is 2.46. The summed E-state index contributed by atoms with van der Waals surface area (Å²) in [6.45, 7) is 3.69. The van der Waals surface area contributed by atoms with Gasteiger partial charge in [0, 0.05) is 12.0 Å². The molecule has 2 nitrogen and oxygen atoms in total. The molecular weight excluding hydrogens is 164 g/mol. The Hall–Kier alpha value is -0.600. The smallest absolute Gasteiger partial charge is 0.195 e. The Morgan fingerprint density at radius 1 is 1.31 bits per heavy atom. The highest BCUT2D eigenvalue weighted by Gasteiger charge is 2.46. The molecule has 1 spiro atoms. The van der Waals surface area contributed by atoms with Crippen molar-refractivity contribution in [3.63, 3.8) is 0 Å². The first kappa shape index (κ1) is 7.77. The highest BCUT2D eigenvalue weighted by Crippen LogP contribution is 2.47. The fourth-order valence-corrected chi connectivity index (χ4v) is 2.64. The lowest BCUT2D eigenvalue weighted by Crippen LogP contribution is -2.28. The fraction of sp³-hybridized carbons (Fsp3) is 0.636. The van der Waals surface area contributed by atoms with Gasteiger partial charge < -0.3 is 9.47 Å². The summed E-state index contributed by atoms with van der Waals surface area (Å²) in [6, 6.07) is 0. The molecule has 0 saturated carbocycles. The summed E-state index contributed by atoms with van der Waals surface area (Å²) in [5.41, 5.74) is 4.32. The zero-order valence-electron chi connectivity index (χ0n) is 7.93. The Morgan fingerprint density at radius 3 is 2.85 bits per heavy atom. The number of hydrogen-bond donors (Lipinski definition) is 0. The van der Waals surface area contributed by atoms with Crippen LogP contribution in [0, 0.1) is 0 Å². The van der Waals surface area contributed by atoms with Crippen molar-refractivity contribution in [1.29, 1.82) is 0 Å². The van der Waals surface area contributed by atoms with E-state index in [0.29, 0.717) is 0 Å². The molecule has 0 unspecified atom stereocenters. The third-order valence-corrected chi connectivity index (χ3v) is 3.18. The minimum Gasteiger partial charge on any atom is -0.343 e. The second-order valence-corrected chi connectivity index (χ2v) is 4.13. The first-order valence-corrected chi connectivity index (χ1v) is 4.98. The molecule has 70 valence electrons. The molecule has 0 aromatic rings. The summed E-state index contributed by atoms with van der Waals surface area (Å²) in [4.78, 5) is 0. The molecule has 1 aliphatic heterocycles. The van der Waals surface area contributed by atoms with Crippen molar-refractivity contribution < 1.29 is 9.47 Å². The lowest BCUT2D eigenvalue weighted by atomic mass is 10.1. The minimum absolute atomic E-state index is 0.326. The number of hydrogen-bond acceptors (Lipinski definition) is 2. The van der Waals surface area contributed by atoms with Crippen LogP contribution >= 0.6 is 0 Å². The molecule has 3 rings (SSSR count). The van der Waals surface area contributed by atoms with Gasteiger partial charge in [0.15, 0.2) is 5.79 Å². The van der Waals surface area contributed by atoms with Crippen LogP contribution in [0.4, 0.5) is 0 Å². The van der Waals surface area contributed by atoms with Crippen LogP contribution in [0.1, 0.15) is 26.2 Å². The van der Waals surface area contributed by atoms with Gasteiger partial charge >= 0.3 is 0 Å². The van der Waals surface area contributed by atoms with Crippen LogP contribution in [-0.2, 0) is 9.47 Å². The summed E-state index contributed by atoms with van der Waals surface area (Å²) in [5, 5.41) is 0. The maximum atomic E-state index is 5.74. The molecule has 0 bridgehead atoms. The van der Waals surface area contributed by atoms with Crippen molar-refractivity contribution in [3.8, 4) is 0 Å². The topological polar surface area (TPSA) is 18.5 Å². The normalized spacial score (nSPS) is 30.1. The average molecular weight is 178 g/mol. The van der Waals surface area contributed by atoms with Crippen LogP contribution in [0.2, 0.25) is 0 Å². The van der Waals surface area contributed by atoms with Gasteiger partial charge in [-0.25, -0.2) is 0 Å². The molecule has 0 aromatic carbocycles. The van der Waals surface area contributed by atoms with Gasteiger partial charge in [0.2, 0.25) is 0 Å². The Labute approximate surface area is 78.2 Å². The third kappa shape index (κ3) is 0.960. The fourth-order valence-electron chi connectivity index (χ4n) is 2.64. The molecule has 2 heteroatoms. The molecule has 0 aromatic heterocycles. The van der Waals surface area contributed by atoms with E-state index in [4.69, 9.17) is 9.47 Å². The van der Waals surface area contributed by atoms with Gasteiger partial charge in [0.05, 0.1) is 13.2 Å². The van der Waals surface area contributed by atoms with Gasteiger partial charge in [-0.05, 0) is 19.8 Å². The van der Waals surface area contributed by atoms with E-state index in [-0.39, 0.29) is 5.79 Å². The van der Waals surface area contributed by atoms with E-state index in [1.807, 2.05) is 0 Å². The van der Waals surface area contributed by atoms with Crippen molar-refractivity contribution >= 4 is 0 Å². The van der Waals surface area contributed by atoms with Crippen molar-refractivity contribution in [1.82, 2.24) is 0 Å². The second-order valence-electron chi connectivity index (χ2n) is 4.13. The van der Waals surface area contributed by atoms with E-state index in [9.17, 15) is 0 Å². The van der Waals surface area contributed by atoms with E-state index < -0.39 is 0 Å². The molecule has 1 heterocycles. The molecule has 2 aliphatic carbocycles. The quantitative estimate of drug-likeness (QED) is 0.566. The van der Waals surface area contributed by atoms with E-state index in [1.54, 1.807) is 5.57 Å². The van der Waals surface area contributed by atoms with Gasteiger partial charge in [-0.3, -0.25) is 0 Å². The third-order valence-electron chi connectivity index (χ3n) is 3.18. The molecule has 13 heavy (non-hydrogen) atoms. The number of rotatable bonds is 0. The monoisotopic (exact) mass is 178 g/mol. The highest BCUT2D eigenvalue weighted by atomic mass is 16.7. The molecule has 0 atom stereocenters. The van der Waals surface area contributed by atoms with E-state index in [0.717, 1.165) is 32.5 Å². The summed E-state index contributed by atoms with van der Waals surface area (Å²) < 4.78 is 11.5. The van der Waals surface area contributed by atoms with Crippen LogP contribution in [0.25, 0.3) is 0 Å². The van der Waals surface area contributed by atoms with Crippen LogP contribution < -0.4 is 0 Å². The maximum Gasteiger partial charge on any atom is 0.195 e. The van der Waals surface area contributed by atoms with Gasteiger partial charge in [0.25, 0.3) is 0 Å². The molecular formula is C11H14O2. The van der Waals surface area contributed by atoms with E-state index in [1.165, 1.54) is 11.1 Å².